The van der Waals surface area contributed by atoms with E-state index in [1.807, 2.05) is 24.3 Å². The second-order valence-electron chi connectivity index (χ2n) is 4.54. The topological polar surface area (TPSA) is 69.2 Å². The van der Waals surface area contributed by atoms with Gasteiger partial charge in [0.15, 0.2) is 9.84 Å². The second kappa shape index (κ2) is 5.14. The van der Waals surface area contributed by atoms with Gasteiger partial charge in [0.1, 0.15) is 5.75 Å². The Balaban J connectivity index is 1.88. The van der Waals surface area contributed by atoms with Crippen molar-refractivity contribution in [3.8, 4) is 11.6 Å². The maximum atomic E-state index is 11.4. The van der Waals surface area contributed by atoms with Crippen LogP contribution in [-0.4, -0.2) is 24.6 Å². The summed E-state index contributed by atoms with van der Waals surface area (Å²) in [4.78, 5) is 8.84. The normalized spacial score (nSPS) is 11.5. The number of benzene rings is 2. The summed E-state index contributed by atoms with van der Waals surface area (Å²) in [7, 11) is -3.20. The van der Waals surface area contributed by atoms with Crippen molar-refractivity contribution >= 4 is 20.9 Å². The summed E-state index contributed by atoms with van der Waals surface area (Å²) in [6, 6.07) is 13.7. The van der Waals surface area contributed by atoms with E-state index in [2.05, 4.69) is 9.97 Å². The van der Waals surface area contributed by atoms with E-state index in [0.717, 1.165) is 17.3 Å². The first kappa shape index (κ1) is 13.5. The molecular weight excluding hydrogens is 288 g/mol. The molecule has 0 amide bonds. The van der Waals surface area contributed by atoms with Crippen LogP contribution in [-0.2, 0) is 9.84 Å². The zero-order valence-corrected chi connectivity index (χ0v) is 12.0. The Morgan fingerprint density at radius 2 is 1.62 bits per heavy atom. The van der Waals surface area contributed by atoms with E-state index in [9.17, 15) is 8.42 Å². The van der Waals surface area contributed by atoms with Gasteiger partial charge in [-0.25, -0.2) is 18.4 Å². The number of rotatable bonds is 3. The predicted octanol–water partition coefficient (Wildman–Crippen LogP) is 2.83. The maximum Gasteiger partial charge on any atom is 0.238 e. The van der Waals surface area contributed by atoms with E-state index in [1.165, 1.54) is 18.3 Å². The molecule has 0 saturated heterocycles. The first-order valence-corrected chi connectivity index (χ1v) is 8.11. The summed E-state index contributed by atoms with van der Waals surface area (Å²) in [6.45, 7) is 0. The Bertz CT molecular complexity index is 890. The molecule has 5 nitrogen and oxygen atoms in total. The van der Waals surface area contributed by atoms with Crippen LogP contribution in [0.5, 0.6) is 11.6 Å². The minimum absolute atomic E-state index is 0.249. The number of fused-ring (bicyclic) bond motifs is 1. The molecule has 0 N–H and O–H groups in total. The fourth-order valence-corrected chi connectivity index (χ4v) is 2.50. The maximum absolute atomic E-state index is 11.4. The summed E-state index contributed by atoms with van der Waals surface area (Å²) in [6.07, 6.45) is 2.70. The van der Waals surface area contributed by atoms with Gasteiger partial charge in [-0.1, -0.05) is 12.1 Å². The molecule has 0 aliphatic carbocycles. The van der Waals surface area contributed by atoms with E-state index in [0.29, 0.717) is 11.6 Å². The van der Waals surface area contributed by atoms with Gasteiger partial charge in [0.2, 0.25) is 5.88 Å². The van der Waals surface area contributed by atoms with Gasteiger partial charge in [-0.2, -0.15) is 0 Å². The summed E-state index contributed by atoms with van der Waals surface area (Å²) >= 11 is 0. The van der Waals surface area contributed by atoms with Crippen LogP contribution in [0, 0.1) is 0 Å². The van der Waals surface area contributed by atoms with Crippen LogP contribution in [0.1, 0.15) is 0 Å². The fourth-order valence-electron chi connectivity index (χ4n) is 1.87. The van der Waals surface area contributed by atoms with Crippen molar-refractivity contribution in [1.82, 2.24) is 9.97 Å². The lowest BCUT2D eigenvalue weighted by Crippen LogP contribution is -1.96. The predicted molar refractivity (Wildman–Crippen MR) is 79.2 cm³/mol. The number of hydrogen-bond acceptors (Lipinski definition) is 5. The Hall–Kier alpha value is -2.47. The van der Waals surface area contributed by atoms with Crippen molar-refractivity contribution in [1.29, 1.82) is 0 Å². The summed E-state index contributed by atoms with van der Waals surface area (Å²) in [5, 5.41) is 0. The average Bonchev–Trinajstić information content (AvgIpc) is 2.47. The number of nitrogens with zero attached hydrogens (tertiary/aromatic N) is 2. The minimum Gasteiger partial charge on any atom is -0.437 e. The molecule has 3 aromatic rings. The molecule has 0 spiro atoms. The molecule has 0 unspecified atom stereocenters. The molecule has 0 saturated carbocycles. The quantitative estimate of drug-likeness (QED) is 0.744. The smallest absolute Gasteiger partial charge is 0.238 e. The number of sulfone groups is 1. The first-order chi connectivity index (χ1) is 10.0. The Morgan fingerprint density at radius 3 is 2.29 bits per heavy atom. The number of para-hydroxylation sites is 2. The third-order valence-electron chi connectivity index (χ3n) is 2.90. The van der Waals surface area contributed by atoms with Gasteiger partial charge in [-0.15, -0.1) is 0 Å². The molecule has 3 rings (SSSR count). The van der Waals surface area contributed by atoms with Crippen molar-refractivity contribution < 1.29 is 13.2 Å². The Labute approximate surface area is 122 Å². The largest absolute Gasteiger partial charge is 0.437 e. The standard InChI is InChI=1S/C15H12N2O3S/c1-21(18,19)12-8-6-11(7-9-12)20-15-10-16-13-4-2-3-5-14(13)17-15/h2-10H,1H3. The molecule has 0 aliphatic rings. The molecule has 1 heterocycles. The third-order valence-corrected chi connectivity index (χ3v) is 4.03. The van der Waals surface area contributed by atoms with Crippen LogP contribution in [0.4, 0.5) is 0 Å². The van der Waals surface area contributed by atoms with Gasteiger partial charge in [-0.05, 0) is 36.4 Å². The van der Waals surface area contributed by atoms with E-state index < -0.39 is 9.84 Å². The molecule has 0 fully saturated rings. The first-order valence-electron chi connectivity index (χ1n) is 6.22. The Kier molecular flexibility index (Phi) is 3.31. The minimum atomic E-state index is -3.20. The third kappa shape index (κ3) is 3.00. The molecule has 0 atom stereocenters. The summed E-state index contributed by atoms with van der Waals surface area (Å²) in [5.41, 5.74) is 1.53. The van der Waals surface area contributed by atoms with E-state index in [-0.39, 0.29) is 4.90 Å². The lowest BCUT2D eigenvalue weighted by molar-refractivity contribution is 0.462. The van der Waals surface area contributed by atoms with Gasteiger partial charge in [0.05, 0.1) is 22.1 Å². The van der Waals surface area contributed by atoms with Crippen LogP contribution < -0.4 is 4.74 Å². The van der Waals surface area contributed by atoms with Crippen LogP contribution >= 0.6 is 0 Å². The lowest BCUT2D eigenvalue weighted by atomic mass is 10.3. The van der Waals surface area contributed by atoms with Crippen molar-refractivity contribution in [3.05, 3.63) is 54.7 Å². The van der Waals surface area contributed by atoms with Crippen LogP contribution in [0.2, 0.25) is 0 Å². The highest BCUT2D eigenvalue weighted by molar-refractivity contribution is 7.90. The molecule has 0 aliphatic heterocycles. The van der Waals surface area contributed by atoms with Crippen LogP contribution in [0.25, 0.3) is 11.0 Å². The highest BCUT2D eigenvalue weighted by Gasteiger charge is 2.07. The van der Waals surface area contributed by atoms with E-state index in [1.54, 1.807) is 12.1 Å². The molecule has 21 heavy (non-hydrogen) atoms. The molecule has 106 valence electrons. The highest BCUT2D eigenvalue weighted by atomic mass is 32.2. The van der Waals surface area contributed by atoms with Crippen LogP contribution in [0.15, 0.2) is 59.6 Å². The van der Waals surface area contributed by atoms with Crippen LogP contribution in [0.3, 0.4) is 0 Å². The zero-order valence-electron chi connectivity index (χ0n) is 11.2. The van der Waals surface area contributed by atoms with Gasteiger partial charge in [0.25, 0.3) is 0 Å². The second-order valence-corrected chi connectivity index (χ2v) is 6.56. The van der Waals surface area contributed by atoms with Crippen molar-refractivity contribution in [2.24, 2.45) is 0 Å². The van der Waals surface area contributed by atoms with Gasteiger partial charge >= 0.3 is 0 Å². The Morgan fingerprint density at radius 1 is 0.952 bits per heavy atom. The molecule has 2 aromatic carbocycles. The van der Waals surface area contributed by atoms with Gasteiger partial charge in [-0.3, -0.25) is 0 Å². The van der Waals surface area contributed by atoms with Crippen molar-refractivity contribution in [3.63, 3.8) is 0 Å². The van der Waals surface area contributed by atoms with E-state index >= 15 is 0 Å². The molecule has 0 radical (unpaired) electrons. The lowest BCUT2D eigenvalue weighted by Gasteiger charge is -2.06. The van der Waals surface area contributed by atoms with Crippen molar-refractivity contribution in [2.45, 2.75) is 4.90 Å². The van der Waals surface area contributed by atoms with Gasteiger partial charge in [0, 0.05) is 6.26 Å². The SMILES string of the molecule is CS(=O)(=O)c1ccc(Oc2cnc3ccccc3n2)cc1. The zero-order chi connectivity index (χ0) is 14.9. The van der Waals surface area contributed by atoms with Crippen molar-refractivity contribution in [2.75, 3.05) is 6.26 Å². The van der Waals surface area contributed by atoms with E-state index in [4.69, 9.17) is 4.74 Å². The fraction of sp³-hybridized carbons (Fsp3) is 0.0667. The molecule has 0 bridgehead atoms. The van der Waals surface area contributed by atoms with Gasteiger partial charge < -0.3 is 4.74 Å². The molecular formula is C15H12N2O3S. The number of hydrogen-bond donors (Lipinski definition) is 0. The number of ether oxygens (including phenoxy) is 1. The highest BCUT2D eigenvalue weighted by Crippen LogP contribution is 2.22. The average molecular weight is 300 g/mol. The molecule has 6 heteroatoms. The monoisotopic (exact) mass is 300 g/mol. The number of aromatic nitrogens is 2. The molecule has 1 aromatic heterocycles. The summed E-state index contributed by atoms with van der Waals surface area (Å²) < 4.78 is 28.4. The summed E-state index contributed by atoms with van der Waals surface area (Å²) in [5.74, 6) is 0.868.